The molecule has 17 heavy (non-hydrogen) atoms. The third-order valence-corrected chi connectivity index (χ3v) is 5.19. The summed E-state index contributed by atoms with van der Waals surface area (Å²) in [5.74, 6) is 0.100. The number of rotatable bonds is 2. The highest BCUT2D eigenvalue weighted by Crippen LogP contribution is 2.22. The lowest BCUT2D eigenvalue weighted by Gasteiger charge is -2.29. The number of carbonyl (C=O) groups is 1. The van der Waals surface area contributed by atoms with Crippen LogP contribution in [0.2, 0.25) is 0 Å². The Kier molecular flexibility index (Phi) is 3.42. The van der Waals surface area contributed by atoms with Crippen LogP contribution < -0.4 is 16.0 Å². The van der Waals surface area contributed by atoms with Crippen molar-refractivity contribution in [1.82, 2.24) is 16.0 Å². The molecule has 2 aliphatic rings. The summed E-state index contributed by atoms with van der Waals surface area (Å²) in [6.45, 7) is 4.00. The molecule has 98 valence electrons. The van der Waals surface area contributed by atoms with Gasteiger partial charge in [0.15, 0.2) is 9.84 Å². The second kappa shape index (κ2) is 4.55. The molecule has 0 saturated carbocycles. The van der Waals surface area contributed by atoms with Gasteiger partial charge in [-0.15, -0.1) is 0 Å². The van der Waals surface area contributed by atoms with Crippen LogP contribution in [-0.2, 0) is 14.6 Å². The molecule has 0 aliphatic carbocycles. The maximum Gasteiger partial charge on any atom is 0.238 e. The SMILES string of the molecule is CC1(NC(=O)C2CNCCN2)CCS(=O)(=O)C1. The predicted molar refractivity (Wildman–Crippen MR) is 64.5 cm³/mol. The Balaban J connectivity index is 1.94. The first kappa shape index (κ1) is 12.8. The largest absolute Gasteiger partial charge is 0.348 e. The van der Waals surface area contributed by atoms with Gasteiger partial charge in [0.2, 0.25) is 5.91 Å². The van der Waals surface area contributed by atoms with Gasteiger partial charge in [-0.3, -0.25) is 4.79 Å². The number of amides is 1. The van der Waals surface area contributed by atoms with Crippen LogP contribution in [0, 0.1) is 0 Å². The van der Waals surface area contributed by atoms with Gasteiger partial charge in [-0.2, -0.15) is 0 Å². The average molecular weight is 261 g/mol. The molecule has 2 saturated heterocycles. The summed E-state index contributed by atoms with van der Waals surface area (Å²) < 4.78 is 22.8. The molecule has 7 heteroatoms. The average Bonchev–Trinajstić information content (AvgIpc) is 2.54. The third-order valence-electron chi connectivity index (χ3n) is 3.29. The van der Waals surface area contributed by atoms with Crippen LogP contribution in [-0.4, -0.2) is 57.0 Å². The number of hydrogen-bond acceptors (Lipinski definition) is 5. The number of piperazine rings is 1. The van der Waals surface area contributed by atoms with Crippen molar-refractivity contribution in [2.75, 3.05) is 31.1 Å². The fourth-order valence-corrected chi connectivity index (χ4v) is 4.43. The first-order valence-corrected chi connectivity index (χ1v) is 7.69. The van der Waals surface area contributed by atoms with E-state index in [1.54, 1.807) is 6.92 Å². The fourth-order valence-electron chi connectivity index (χ4n) is 2.33. The van der Waals surface area contributed by atoms with Crippen LogP contribution in [0.3, 0.4) is 0 Å². The quantitative estimate of drug-likeness (QED) is 0.548. The Hall–Kier alpha value is -0.660. The molecular formula is C10H19N3O3S. The van der Waals surface area contributed by atoms with E-state index in [0.29, 0.717) is 13.0 Å². The van der Waals surface area contributed by atoms with E-state index in [4.69, 9.17) is 0 Å². The number of carbonyl (C=O) groups excluding carboxylic acids is 1. The first-order chi connectivity index (χ1) is 7.90. The molecule has 0 bridgehead atoms. The molecule has 2 heterocycles. The van der Waals surface area contributed by atoms with Gasteiger partial charge >= 0.3 is 0 Å². The van der Waals surface area contributed by atoms with Gasteiger partial charge in [-0.1, -0.05) is 0 Å². The van der Waals surface area contributed by atoms with Gasteiger partial charge in [0.05, 0.1) is 23.1 Å². The van der Waals surface area contributed by atoms with Crippen molar-refractivity contribution in [2.24, 2.45) is 0 Å². The van der Waals surface area contributed by atoms with Crippen molar-refractivity contribution in [1.29, 1.82) is 0 Å². The molecule has 3 N–H and O–H groups in total. The number of sulfone groups is 1. The Morgan fingerprint density at radius 2 is 2.18 bits per heavy atom. The molecule has 0 aromatic carbocycles. The summed E-state index contributed by atoms with van der Waals surface area (Å²) in [6, 6.07) is -0.260. The zero-order valence-corrected chi connectivity index (χ0v) is 10.8. The predicted octanol–water partition coefficient (Wildman–Crippen LogP) is -1.76. The number of nitrogens with one attached hydrogen (secondary N) is 3. The summed E-state index contributed by atoms with van der Waals surface area (Å²) in [4.78, 5) is 12.0. The molecular weight excluding hydrogens is 242 g/mol. The van der Waals surface area contributed by atoms with Crippen LogP contribution in [0.5, 0.6) is 0 Å². The molecule has 1 amide bonds. The summed E-state index contributed by atoms with van der Waals surface area (Å²) in [6.07, 6.45) is 0.501. The normalized spacial score (nSPS) is 36.6. The van der Waals surface area contributed by atoms with Gasteiger partial charge in [-0.25, -0.2) is 8.42 Å². The van der Waals surface area contributed by atoms with Crippen molar-refractivity contribution in [3.05, 3.63) is 0 Å². The topological polar surface area (TPSA) is 87.3 Å². The Labute approximate surface area is 101 Å². The minimum absolute atomic E-state index is 0.0475. The maximum absolute atomic E-state index is 12.0. The standard InChI is InChI=1S/C10H19N3O3S/c1-10(2-5-17(15,16)7-10)13-9(14)8-6-11-3-4-12-8/h8,11-12H,2-7H2,1H3,(H,13,14). The number of hydrogen-bond donors (Lipinski definition) is 3. The van der Waals surface area contributed by atoms with Gasteiger partial charge in [-0.05, 0) is 13.3 Å². The molecule has 2 rings (SSSR count). The molecule has 0 radical (unpaired) electrons. The second-order valence-corrected chi connectivity index (χ2v) is 7.29. The smallest absolute Gasteiger partial charge is 0.238 e. The van der Waals surface area contributed by atoms with Gasteiger partial charge in [0.1, 0.15) is 0 Å². The molecule has 0 spiro atoms. The highest BCUT2D eigenvalue weighted by Gasteiger charge is 2.40. The van der Waals surface area contributed by atoms with E-state index in [-0.39, 0.29) is 23.5 Å². The van der Waals surface area contributed by atoms with Crippen molar-refractivity contribution in [2.45, 2.75) is 24.9 Å². The second-order valence-electron chi connectivity index (χ2n) is 5.10. The summed E-state index contributed by atoms with van der Waals surface area (Å²) >= 11 is 0. The van der Waals surface area contributed by atoms with Crippen molar-refractivity contribution >= 4 is 15.7 Å². The van der Waals surface area contributed by atoms with Gasteiger partial charge < -0.3 is 16.0 Å². The molecule has 2 unspecified atom stereocenters. The molecule has 0 aromatic rings. The minimum atomic E-state index is -2.98. The van der Waals surface area contributed by atoms with E-state index in [1.165, 1.54) is 0 Å². The molecule has 2 fully saturated rings. The zero-order chi connectivity index (χ0) is 12.5. The van der Waals surface area contributed by atoms with Gasteiger partial charge in [0.25, 0.3) is 0 Å². The summed E-state index contributed by atoms with van der Waals surface area (Å²) in [5, 5.41) is 9.09. The monoisotopic (exact) mass is 261 g/mol. The highest BCUT2D eigenvalue weighted by atomic mass is 32.2. The third kappa shape index (κ3) is 3.17. The minimum Gasteiger partial charge on any atom is -0.348 e. The Morgan fingerprint density at radius 3 is 2.71 bits per heavy atom. The van der Waals surface area contributed by atoms with E-state index < -0.39 is 15.4 Å². The maximum atomic E-state index is 12.0. The van der Waals surface area contributed by atoms with E-state index in [2.05, 4.69) is 16.0 Å². The highest BCUT2D eigenvalue weighted by molar-refractivity contribution is 7.91. The first-order valence-electron chi connectivity index (χ1n) is 5.87. The van der Waals surface area contributed by atoms with Crippen LogP contribution in [0.1, 0.15) is 13.3 Å². The molecule has 0 aromatic heterocycles. The van der Waals surface area contributed by atoms with Crippen molar-refractivity contribution in [3.8, 4) is 0 Å². The summed E-state index contributed by atoms with van der Waals surface area (Å²) in [7, 11) is -2.98. The van der Waals surface area contributed by atoms with Crippen molar-refractivity contribution < 1.29 is 13.2 Å². The van der Waals surface area contributed by atoms with Crippen LogP contribution in [0.4, 0.5) is 0 Å². The van der Waals surface area contributed by atoms with Crippen molar-refractivity contribution in [3.63, 3.8) is 0 Å². The lowest BCUT2D eigenvalue weighted by Crippen LogP contribution is -2.59. The zero-order valence-electron chi connectivity index (χ0n) is 9.95. The fraction of sp³-hybridized carbons (Fsp3) is 0.900. The van der Waals surface area contributed by atoms with Crippen LogP contribution in [0.25, 0.3) is 0 Å². The lowest BCUT2D eigenvalue weighted by molar-refractivity contribution is -0.124. The van der Waals surface area contributed by atoms with Gasteiger partial charge in [0, 0.05) is 19.6 Å². The Bertz CT molecular complexity index is 403. The molecule has 6 nitrogen and oxygen atoms in total. The van der Waals surface area contributed by atoms with E-state index in [0.717, 1.165) is 13.1 Å². The lowest BCUT2D eigenvalue weighted by atomic mass is 10.0. The van der Waals surface area contributed by atoms with E-state index in [9.17, 15) is 13.2 Å². The van der Waals surface area contributed by atoms with E-state index in [1.807, 2.05) is 0 Å². The Morgan fingerprint density at radius 1 is 1.41 bits per heavy atom. The van der Waals surface area contributed by atoms with Crippen LogP contribution in [0.15, 0.2) is 0 Å². The van der Waals surface area contributed by atoms with E-state index >= 15 is 0 Å². The summed E-state index contributed by atoms with van der Waals surface area (Å²) in [5.41, 5.74) is -0.602. The molecule has 2 atom stereocenters. The van der Waals surface area contributed by atoms with Crippen LogP contribution >= 0.6 is 0 Å². The molecule has 2 aliphatic heterocycles.